The molecule has 1 fully saturated rings. The molecule has 0 bridgehead atoms. The number of aryl methyl sites for hydroxylation is 2. The summed E-state index contributed by atoms with van der Waals surface area (Å²) in [5.41, 5.74) is 9.96. The van der Waals surface area contributed by atoms with Crippen LogP contribution < -0.4 is 4.90 Å². The maximum atomic E-state index is 4.65. The molecule has 196 valence electrons. The summed E-state index contributed by atoms with van der Waals surface area (Å²) >= 11 is 4.65. The molecule has 36 heavy (non-hydrogen) atoms. The Bertz CT molecular complexity index is 1070. The van der Waals surface area contributed by atoms with E-state index in [1.54, 1.807) is 0 Å². The predicted octanol–water partition coefficient (Wildman–Crippen LogP) is 10.8. The molecule has 0 aromatic heterocycles. The van der Waals surface area contributed by atoms with Crippen LogP contribution in [0.1, 0.15) is 107 Å². The molecule has 0 radical (unpaired) electrons. The van der Waals surface area contributed by atoms with Crippen LogP contribution in [0, 0.1) is 19.3 Å². The van der Waals surface area contributed by atoms with Gasteiger partial charge in [-0.05, 0) is 84.5 Å². The first-order valence-electron chi connectivity index (χ1n) is 13.6. The summed E-state index contributed by atoms with van der Waals surface area (Å²) in [6.45, 7) is 26.1. The summed E-state index contributed by atoms with van der Waals surface area (Å²) in [5.74, 6) is 0.426. The van der Waals surface area contributed by atoms with E-state index in [4.69, 9.17) is 0 Å². The highest BCUT2D eigenvalue weighted by molar-refractivity contribution is 7.84. The fraction of sp³-hybridized carbons (Fsp3) is 0.471. The van der Waals surface area contributed by atoms with Crippen LogP contribution in [0.2, 0.25) is 0 Å². The van der Waals surface area contributed by atoms with E-state index in [9.17, 15) is 0 Å². The summed E-state index contributed by atoms with van der Waals surface area (Å²) < 4.78 is 0. The molecular formula is C34H49NS. The van der Waals surface area contributed by atoms with Crippen molar-refractivity contribution in [2.45, 2.75) is 99.8 Å². The molecule has 1 nitrogen and oxygen atoms in total. The molecule has 1 aliphatic rings. The lowest BCUT2D eigenvalue weighted by molar-refractivity contribution is 0.493. The second-order valence-electron chi connectivity index (χ2n) is 11.6. The first kappa shape index (κ1) is 30.0. The Hall–Kier alpha value is -2.19. The lowest BCUT2D eigenvalue weighted by Crippen LogP contribution is -2.18. The average molecular weight is 504 g/mol. The minimum absolute atomic E-state index is 0.102. The Morgan fingerprint density at radius 2 is 1.53 bits per heavy atom. The molecule has 0 unspecified atom stereocenters. The number of hydrogen-bond acceptors (Lipinski definition) is 2. The maximum Gasteiger partial charge on any atom is 0.0694 e. The van der Waals surface area contributed by atoms with Crippen LogP contribution in [0.25, 0.3) is 5.70 Å². The highest BCUT2D eigenvalue weighted by Gasteiger charge is 2.20. The molecule has 0 aliphatic heterocycles. The Kier molecular flexibility index (Phi) is 11.2. The van der Waals surface area contributed by atoms with Crippen molar-refractivity contribution in [3.63, 3.8) is 0 Å². The molecule has 2 aromatic rings. The number of hydrogen-bond donors (Lipinski definition) is 1. The predicted molar refractivity (Wildman–Crippen MR) is 166 cm³/mol. The van der Waals surface area contributed by atoms with E-state index in [1.807, 2.05) is 0 Å². The second-order valence-corrected chi connectivity index (χ2v) is 12.1. The standard InChI is InChI=1S/C29H39NS.C5H10/c1-11-28(30(23(7)31)26-15-12-20(4)21(5)16-26)25-14-13-24(27(18-25)19(2)3)17-22(6)29(8,9)10;1-2-4-5-3-1/h11-16,18-19,31H,6-7,17H2,1-5,8-10H3;1-5H2/b28-11-;. The van der Waals surface area contributed by atoms with Gasteiger partial charge in [0.1, 0.15) is 0 Å². The Labute approximate surface area is 227 Å². The minimum atomic E-state index is 0.102. The van der Waals surface area contributed by atoms with Crippen LogP contribution in [-0.2, 0) is 6.42 Å². The van der Waals surface area contributed by atoms with Gasteiger partial charge in [0.05, 0.1) is 5.03 Å². The molecule has 0 atom stereocenters. The van der Waals surface area contributed by atoms with Gasteiger partial charge in [-0.25, -0.2) is 0 Å². The molecule has 0 N–H and O–H groups in total. The Morgan fingerprint density at radius 1 is 0.944 bits per heavy atom. The highest BCUT2D eigenvalue weighted by atomic mass is 32.1. The lowest BCUT2D eigenvalue weighted by Gasteiger charge is -2.29. The van der Waals surface area contributed by atoms with E-state index in [2.05, 4.69) is 129 Å². The third-order valence-corrected chi connectivity index (χ3v) is 7.50. The van der Waals surface area contributed by atoms with E-state index in [1.165, 1.54) is 65.5 Å². The average Bonchev–Trinajstić information content (AvgIpc) is 3.39. The zero-order valence-electron chi connectivity index (χ0n) is 24.2. The van der Waals surface area contributed by atoms with Crippen molar-refractivity contribution in [2.75, 3.05) is 4.90 Å². The SMILES string of the molecule is C1CCCC1.C=C(S)N(/C(=C\C)c1ccc(CC(=C)C(C)(C)C)c(C(C)C)c1)c1ccc(C)c(C)c1. The molecule has 2 aromatic carbocycles. The fourth-order valence-corrected chi connectivity index (χ4v) is 4.77. The van der Waals surface area contributed by atoms with Crippen LogP contribution in [0.3, 0.4) is 0 Å². The van der Waals surface area contributed by atoms with Gasteiger partial charge >= 0.3 is 0 Å². The topological polar surface area (TPSA) is 3.24 Å². The fourth-order valence-electron chi connectivity index (χ4n) is 4.55. The molecule has 1 saturated carbocycles. The van der Waals surface area contributed by atoms with Gasteiger partial charge in [-0.2, -0.15) is 0 Å². The number of allylic oxidation sites excluding steroid dienone is 2. The molecular weight excluding hydrogens is 454 g/mol. The molecule has 1 aliphatic carbocycles. The number of nitrogens with zero attached hydrogens (tertiary/aromatic N) is 1. The summed E-state index contributed by atoms with van der Waals surface area (Å²) in [7, 11) is 0. The second kappa shape index (κ2) is 13.4. The highest BCUT2D eigenvalue weighted by Crippen LogP contribution is 2.35. The summed E-state index contributed by atoms with van der Waals surface area (Å²) in [5, 5.41) is 0.702. The Morgan fingerprint density at radius 3 is 1.97 bits per heavy atom. The van der Waals surface area contributed by atoms with E-state index in [0.29, 0.717) is 10.9 Å². The molecule has 0 heterocycles. The van der Waals surface area contributed by atoms with Gasteiger partial charge in [-0.3, -0.25) is 0 Å². The largest absolute Gasteiger partial charge is 0.305 e. The third kappa shape index (κ3) is 8.17. The zero-order chi connectivity index (χ0) is 27.0. The summed E-state index contributed by atoms with van der Waals surface area (Å²) in [6.07, 6.45) is 10.5. The quantitative estimate of drug-likeness (QED) is 0.290. The Balaban J connectivity index is 0.000000809. The lowest BCUT2D eigenvalue weighted by atomic mass is 9.81. The normalized spacial score (nSPS) is 13.9. The number of rotatable bonds is 7. The van der Waals surface area contributed by atoms with Crippen molar-refractivity contribution in [2.24, 2.45) is 5.41 Å². The van der Waals surface area contributed by atoms with Crippen molar-refractivity contribution >= 4 is 24.0 Å². The van der Waals surface area contributed by atoms with Crippen molar-refractivity contribution in [3.05, 3.63) is 94.1 Å². The van der Waals surface area contributed by atoms with Crippen molar-refractivity contribution in [1.29, 1.82) is 0 Å². The van der Waals surface area contributed by atoms with Gasteiger partial charge < -0.3 is 4.90 Å². The van der Waals surface area contributed by atoms with E-state index >= 15 is 0 Å². The number of thiol groups is 1. The first-order chi connectivity index (χ1) is 16.9. The van der Waals surface area contributed by atoms with Gasteiger partial charge in [-0.15, -0.1) is 12.6 Å². The van der Waals surface area contributed by atoms with Crippen molar-refractivity contribution < 1.29 is 0 Å². The first-order valence-corrected chi connectivity index (χ1v) is 14.0. The smallest absolute Gasteiger partial charge is 0.0694 e. The molecule has 0 amide bonds. The van der Waals surface area contributed by atoms with E-state index in [0.717, 1.165) is 17.8 Å². The molecule has 3 rings (SSSR count). The minimum Gasteiger partial charge on any atom is -0.305 e. The molecule has 0 spiro atoms. The monoisotopic (exact) mass is 503 g/mol. The van der Waals surface area contributed by atoms with E-state index in [-0.39, 0.29) is 5.41 Å². The van der Waals surface area contributed by atoms with Crippen molar-refractivity contribution in [3.8, 4) is 0 Å². The summed E-state index contributed by atoms with van der Waals surface area (Å²) in [6, 6.07) is 13.3. The third-order valence-electron chi connectivity index (χ3n) is 7.30. The van der Waals surface area contributed by atoms with Gasteiger partial charge in [0.15, 0.2) is 0 Å². The zero-order valence-corrected chi connectivity index (χ0v) is 25.1. The van der Waals surface area contributed by atoms with Crippen LogP contribution in [0.15, 0.2) is 66.2 Å². The van der Waals surface area contributed by atoms with Gasteiger partial charge in [0.2, 0.25) is 0 Å². The molecule has 0 saturated heterocycles. The van der Waals surface area contributed by atoms with Crippen LogP contribution in [0.4, 0.5) is 5.69 Å². The van der Waals surface area contributed by atoms with Crippen LogP contribution >= 0.6 is 12.6 Å². The van der Waals surface area contributed by atoms with Gasteiger partial charge in [0, 0.05) is 11.4 Å². The maximum absolute atomic E-state index is 4.65. The van der Waals surface area contributed by atoms with Crippen molar-refractivity contribution in [1.82, 2.24) is 0 Å². The van der Waals surface area contributed by atoms with Gasteiger partial charge in [-0.1, -0.05) is 110 Å². The van der Waals surface area contributed by atoms with Gasteiger partial charge in [0.25, 0.3) is 0 Å². The van der Waals surface area contributed by atoms with Crippen LogP contribution in [-0.4, -0.2) is 0 Å². The number of benzene rings is 2. The molecule has 2 heteroatoms. The summed E-state index contributed by atoms with van der Waals surface area (Å²) in [4.78, 5) is 2.13. The number of anilines is 1. The van der Waals surface area contributed by atoms with E-state index < -0.39 is 0 Å². The van der Waals surface area contributed by atoms with Crippen LogP contribution in [0.5, 0.6) is 0 Å².